The van der Waals surface area contributed by atoms with Crippen LogP contribution in [0.2, 0.25) is 5.02 Å². The van der Waals surface area contributed by atoms with Gasteiger partial charge in [-0.15, -0.1) is 0 Å². The molecule has 1 heterocycles. The number of fused-ring (bicyclic) bond motifs is 2. The number of H-pyrrole nitrogens is 1. The van der Waals surface area contributed by atoms with Crippen LogP contribution >= 0.6 is 11.6 Å². The number of rotatable bonds is 6. The van der Waals surface area contributed by atoms with Crippen LogP contribution in [0.1, 0.15) is 46.0 Å². The standard InChI is InChI=1S/C24H21ClN2O3/c1-13(2)14-4-6-18-20(11-27-21(18)9-14)22(28)12-30-23-10-15-3-5-17(25)7-16(15)8-19(23)24(26)29/h3-11,13,27H,12H2,1-2H3,(H2,26,29). The highest BCUT2D eigenvalue weighted by Crippen LogP contribution is 2.29. The molecule has 0 aliphatic carbocycles. The van der Waals surface area contributed by atoms with Crippen molar-refractivity contribution in [2.75, 3.05) is 6.61 Å². The van der Waals surface area contributed by atoms with Gasteiger partial charge in [-0.3, -0.25) is 9.59 Å². The first kappa shape index (κ1) is 20.0. The number of hydrogen-bond acceptors (Lipinski definition) is 3. The number of Topliss-reactive ketones (excluding diaryl/α,β-unsaturated/α-hetero) is 1. The SMILES string of the molecule is CC(C)c1ccc2c(C(=O)COc3cc4ccc(Cl)cc4cc3C(N)=O)c[nH]c2c1. The molecule has 0 spiro atoms. The van der Waals surface area contributed by atoms with E-state index in [0.29, 0.717) is 16.5 Å². The van der Waals surface area contributed by atoms with E-state index in [9.17, 15) is 9.59 Å². The zero-order valence-electron chi connectivity index (χ0n) is 16.7. The Balaban J connectivity index is 1.61. The number of carbonyl (C=O) groups excluding carboxylic acids is 2. The smallest absolute Gasteiger partial charge is 0.252 e. The molecule has 152 valence electrons. The lowest BCUT2D eigenvalue weighted by Crippen LogP contribution is -2.16. The molecule has 0 aliphatic heterocycles. The third-order valence-electron chi connectivity index (χ3n) is 5.20. The van der Waals surface area contributed by atoms with Gasteiger partial charge in [0.25, 0.3) is 5.91 Å². The Morgan fingerprint density at radius 2 is 1.83 bits per heavy atom. The fourth-order valence-electron chi connectivity index (χ4n) is 3.51. The summed E-state index contributed by atoms with van der Waals surface area (Å²) in [5.41, 5.74) is 8.38. The van der Waals surface area contributed by atoms with Crippen LogP contribution in [0, 0.1) is 0 Å². The summed E-state index contributed by atoms with van der Waals surface area (Å²) in [7, 11) is 0. The first-order chi connectivity index (χ1) is 14.3. The van der Waals surface area contributed by atoms with Crippen molar-refractivity contribution in [3.8, 4) is 5.75 Å². The lowest BCUT2D eigenvalue weighted by molar-refractivity contribution is 0.0914. The molecule has 3 N–H and O–H groups in total. The minimum atomic E-state index is -0.632. The second kappa shape index (κ2) is 7.84. The predicted molar refractivity (Wildman–Crippen MR) is 120 cm³/mol. The molecular weight excluding hydrogens is 400 g/mol. The van der Waals surface area contributed by atoms with Gasteiger partial charge in [-0.05, 0) is 52.6 Å². The molecule has 0 aliphatic rings. The van der Waals surface area contributed by atoms with E-state index in [0.717, 1.165) is 21.7 Å². The number of benzene rings is 3. The molecule has 0 unspecified atom stereocenters. The van der Waals surface area contributed by atoms with Crippen molar-refractivity contribution in [2.24, 2.45) is 5.73 Å². The summed E-state index contributed by atoms with van der Waals surface area (Å²) in [5.74, 6) is -0.152. The maximum atomic E-state index is 12.8. The van der Waals surface area contributed by atoms with Gasteiger partial charge in [0.1, 0.15) is 5.75 Å². The van der Waals surface area contributed by atoms with E-state index in [1.54, 1.807) is 30.5 Å². The number of carbonyl (C=O) groups is 2. The summed E-state index contributed by atoms with van der Waals surface area (Å²) in [6.45, 7) is 4.04. The molecule has 3 aromatic carbocycles. The zero-order valence-corrected chi connectivity index (χ0v) is 17.4. The van der Waals surface area contributed by atoms with E-state index in [1.165, 1.54) is 5.56 Å². The fraction of sp³-hybridized carbons (Fsp3) is 0.167. The minimum Gasteiger partial charge on any atom is -0.485 e. The van der Waals surface area contributed by atoms with Crippen molar-refractivity contribution >= 4 is 45.0 Å². The monoisotopic (exact) mass is 420 g/mol. The van der Waals surface area contributed by atoms with Crippen LogP contribution < -0.4 is 10.5 Å². The average molecular weight is 421 g/mol. The minimum absolute atomic E-state index is 0.190. The number of amides is 1. The van der Waals surface area contributed by atoms with Gasteiger partial charge >= 0.3 is 0 Å². The number of hydrogen-bond donors (Lipinski definition) is 2. The van der Waals surface area contributed by atoms with Crippen molar-refractivity contribution in [1.82, 2.24) is 4.98 Å². The Labute approximate surface area is 178 Å². The van der Waals surface area contributed by atoms with Gasteiger partial charge in [0.05, 0.1) is 5.56 Å². The van der Waals surface area contributed by atoms with Crippen LogP contribution in [0.15, 0.2) is 54.7 Å². The van der Waals surface area contributed by atoms with E-state index in [-0.39, 0.29) is 23.7 Å². The maximum Gasteiger partial charge on any atom is 0.252 e. The Hall–Kier alpha value is -3.31. The molecule has 1 amide bonds. The summed E-state index contributed by atoms with van der Waals surface area (Å²) in [6, 6.07) is 14.7. The van der Waals surface area contributed by atoms with E-state index in [4.69, 9.17) is 22.1 Å². The molecule has 0 atom stereocenters. The summed E-state index contributed by atoms with van der Waals surface area (Å²) >= 11 is 6.03. The summed E-state index contributed by atoms with van der Waals surface area (Å²) in [5, 5.41) is 3.01. The highest BCUT2D eigenvalue weighted by molar-refractivity contribution is 6.31. The Morgan fingerprint density at radius 1 is 1.03 bits per heavy atom. The summed E-state index contributed by atoms with van der Waals surface area (Å²) < 4.78 is 5.74. The van der Waals surface area contributed by atoms with E-state index >= 15 is 0 Å². The molecule has 1 aromatic heterocycles. The largest absolute Gasteiger partial charge is 0.485 e. The van der Waals surface area contributed by atoms with Gasteiger partial charge in [0, 0.05) is 27.7 Å². The number of ketones is 1. The Bertz CT molecular complexity index is 1290. The van der Waals surface area contributed by atoms with Crippen molar-refractivity contribution < 1.29 is 14.3 Å². The first-order valence-corrected chi connectivity index (χ1v) is 10.0. The lowest BCUT2D eigenvalue weighted by atomic mass is 10.0. The average Bonchev–Trinajstić information content (AvgIpc) is 3.14. The second-order valence-electron chi connectivity index (χ2n) is 7.58. The van der Waals surface area contributed by atoms with Crippen LogP contribution in [0.4, 0.5) is 0 Å². The first-order valence-electron chi connectivity index (χ1n) is 9.63. The predicted octanol–water partition coefficient (Wildman–Crippen LogP) is 5.46. The van der Waals surface area contributed by atoms with Crippen LogP contribution in [0.25, 0.3) is 21.7 Å². The number of nitrogens with one attached hydrogen (secondary N) is 1. The van der Waals surface area contributed by atoms with Crippen LogP contribution in [-0.2, 0) is 0 Å². The molecule has 0 saturated heterocycles. The molecule has 0 radical (unpaired) electrons. The topological polar surface area (TPSA) is 85.2 Å². The van der Waals surface area contributed by atoms with Gasteiger partial charge in [0.2, 0.25) is 5.78 Å². The van der Waals surface area contributed by atoms with E-state index in [2.05, 4.69) is 24.9 Å². The highest BCUT2D eigenvalue weighted by Gasteiger charge is 2.17. The molecule has 4 rings (SSSR count). The van der Waals surface area contributed by atoms with Crippen molar-refractivity contribution in [1.29, 1.82) is 0 Å². The number of ether oxygens (including phenoxy) is 1. The van der Waals surface area contributed by atoms with Gasteiger partial charge in [-0.25, -0.2) is 0 Å². The Morgan fingerprint density at radius 3 is 2.57 bits per heavy atom. The third kappa shape index (κ3) is 3.76. The number of nitrogens with two attached hydrogens (primary N) is 1. The Kier molecular flexibility index (Phi) is 5.22. The summed E-state index contributed by atoms with van der Waals surface area (Å²) in [4.78, 5) is 27.9. The fourth-order valence-corrected chi connectivity index (χ4v) is 3.69. The van der Waals surface area contributed by atoms with Gasteiger partial charge in [-0.1, -0.05) is 43.6 Å². The van der Waals surface area contributed by atoms with E-state index in [1.807, 2.05) is 18.2 Å². The number of aromatic amines is 1. The van der Waals surface area contributed by atoms with Crippen molar-refractivity contribution in [3.63, 3.8) is 0 Å². The van der Waals surface area contributed by atoms with Crippen LogP contribution in [0.3, 0.4) is 0 Å². The molecule has 4 aromatic rings. The maximum absolute atomic E-state index is 12.8. The van der Waals surface area contributed by atoms with Crippen LogP contribution in [-0.4, -0.2) is 23.3 Å². The normalized spacial score (nSPS) is 11.3. The second-order valence-corrected chi connectivity index (χ2v) is 8.01. The molecule has 6 heteroatoms. The van der Waals surface area contributed by atoms with Gasteiger partial charge < -0.3 is 15.5 Å². The van der Waals surface area contributed by atoms with Crippen molar-refractivity contribution in [2.45, 2.75) is 19.8 Å². The molecule has 0 fully saturated rings. The van der Waals surface area contributed by atoms with Gasteiger partial charge in [-0.2, -0.15) is 0 Å². The van der Waals surface area contributed by atoms with E-state index < -0.39 is 5.91 Å². The van der Waals surface area contributed by atoms with Gasteiger partial charge in [0.15, 0.2) is 6.61 Å². The highest BCUT2D eigenvalue weighted by atomic mass is 35.5. The lowest BCUT2D eigenvalue weighted by Gasteiger charge is -2.11. The molecule has 30 heavy (non-hydrogen) atoms. The summed E-state index contributed by atoms with van der Waals surface area (Å²) in [6.07, 6.45) is 1.69. The zero-order chi connectivity index (χ0) is 21.4. The molecular formula is C24H21ClN2O3. The third-order valence-corrected chi connectivity index (χ3v) is 5.43. The molecule has 0 saturated carbocycles. The number of primary amides is 1. The number of halogens is 1. The number of aromatic nitrogens is 1. The van der Waals surface area contributed by atoms with Crippen molar-refractivity contribution in [3.05, 3.63) is 76.4 Å². The molecule has 5 nitrogen and oxygen atoms in total. The quantitative estimate of drug-likeness (QED) is 0.406. The molecule has 0 bridgehead atoms. The van der Waals surface area contributed by atoms with Crippen LogP contribution in [0.5, 0.6) is 5.75 Å².